The topological polar surface area (TPSA) is 16.6 Å². The van der Waals surface area contributed by atoms with E-state index in [1.165, 1.54) is 83.6 Å². The molecule has 0 aliphatic heterocycles. The van der Waals surface area contributed by atoms with E-state index in [0.717, 1.165) is 0 Å². The van der Waals surface area contributed by atoms with Gasteiger partial charge in [-0.3, -0.25) is 0 Å². The average Bonchev–Trinajstić information content (AvgIpc) is 2.38. The lowest BCUT2D eigenvalue weighted by Gasteiger charge is -2.02. The first-order valence-electron chi connectivity index (χ1n) is 8.57. The van der Waals surface area contributed by atoms with E-state index in [2.05, 4.69) is 19.3 Å². The predicted molar refractivity (Wildman–Crippen MR) is 84.0 cm³/mol. The van der Waals surface area contributed by atoms with Gasteiger partial charge in [-0.15, -0.1) is 0 Å². The first-order valence-corrected chi connectivity index (χ1v) is 8.57. The molecule has 21 heavy (non-hydrogen) atoms. The standard InChI is InChI=1S/C15H33N.BF4/c1-3-4-5-6-7-8-9-10-11-12-13-14-15-16-2;2-1(3,4)5/h16H,3-15H2,1-2H3;/q;-1/p+1. The zero-order chi connectivity index (χ0) is 16.4. The van der Waals surface area contributed by atoms with Crippen molar-refractivity contribution in [2.45, 2.75) is 84.0 Å². The summed E-state index contributed by atoms with van der Waals surface area (Å²) in [5.74, 6) is 0. The Kier molecular flexibility index (Phi) is 19.5. The molecule has 0 aromatic carbocycles. The van der Waals surface area contributed by atoms with Crippen molar-refractivity contribution in [3.05, 3.63) is 0 Å². The molecule has 0 fully saturated rings. The fourth-order valence-electron chi connectivity index (χ4n) is 2.19. The molecule has 0 heterocycles. The van der Waals surface area contributed by atoms with E-state index < -0.39 is 7.25 Å². The van der Waals surface area contributed by atoms with Crippen LogP contribution in [0.3, 0.4) is 0 Å². The largest absolute Gasteiger partial charge is 0.673 e. The van der Waals surface area contributed by atoms with Gasteiger partial charge < -0.3 is 22.6 Å². The maximum atomic E-state index is 9.75. The van der Waals surface area contributed by atoms with Crippen molar-refractivity contribution in [3.8, 4) is 0 Å². The molecule has 0 radical (unpaired) electrons. The van der Waals surface area contributed by atoms with Crippen LogP contribution in [0.25, 0.3) is 0 Å². The van der Waals surface area contributed by atoms with Crippen molar-refractivity contribution in [2.24, 2.45) is 0 Å². The smallest absolute Gasteiger partial charge is 0.418 e. The summed E-state index contributed by atoms with van der Waals surface area (Å²) in [4.78, 5) is 0. The zero-order valence-electron chi connectivity index (χ0n) is 13.9. The molecule has 0 amide bonds. The van der Waals surface area contributed by atoms with Gasteiger partial charge in [-0.25, -0.2) is 0 Å². The van der Waals surface area contributed by atoms with Gasteiger partial charge in [0.25, 0.3) is 0 Å². The number of unbranched alkanes of at least 4 members (excludes halogenated alkanes) is 11. The molecule has 0 bridgehead atoms. The molecule has 0 saturated carbocycles. The van der Waals surface area contributed by atoms with Crippen LogP contribution in [-0.4, -0.2) is 20.8 Å². The second-order valence-electron chi connectivity index (χ2n) is 5.58. The van der Waals surface area contributed by atoms with Crippen molar-refractivity contribution < 1.29 is 22.6 Å². The summed E-state index contributed by atoms with van der Waals surface area (Å²) in [6.07, 6.45) is 17.4. The van der Waals surface area contributed by atoms with Crippen molar-refractivity contribution >= 4 is 7.25 Å². The highest BCUT2D eigenvalue weighted by Crippen LogP contribution is 2.11. The molecular formula is C15H34BF4N. The molecule has 0 atom stereocenters. The summed E-state index contributed by atoms with van der Waals surface area (Å²) >= 11 is 0. The first-order chi connectivity index (χ1) is 9.91. The lowest BCUT2D eigenvalue weighted by molar-refractivity contribution is -0.627. The van der Waals surface area contributed by atoms with Gasteiger partial charge in [-0.1, -0.05) is 71.1 Å². The van der Waals surface area contributed by atoms with Gasteiger partial charge in [0.05, 0.1) is 13.6 Å². The zero-order valence-corrected chi connectivity index (χ0v) is 13.9. The third-order valence-electron chi connectivity index (χ3n) is 3.35. The van der Waals surface area contributed by atoms with Crippen molar-refractivity contribution in [2.75, 3.05) is 13.6 Å². The van der Waals surface area contributed by atoms with Gasteiger partial charge in [0, 0.05) is 0 Å². The second kappa shape index (κ2) is 17.8. The Morgan fingerprint density at radius 1 is 0.619 bits per heavy atom. The number of rotatable bonds is 13. The monoisotopic (exact) mass is 315 g/mol. The minimum absolute atomic E-state index is 1.32. The lowest BCUT2D eigenvalue weighted by atomic mass is 10.1. The molecule has 0 aromatic rings. The van der Waals surface area contributed by atoms with Gasteiger partial charge in [-0.2, -0.15) is 0 Å². The molecule has 0 aliphatic carbocycles. The fraction of sp³-hybridized carbons (Fsp3) is 1.00. The minimum atomic E-state index is -6.00. The Balaban J connectivity index is 0. The highest BCUT2D eigenvalue weighted by Gasteiger charge is 2.20. The number of nitrogens with two attached hydrogens (primary N) is 1. The Morgan fingerprint density at radius 3 is 1.19 bits per heavy atom. The quantitative estimate of drug-likeness (QED) is 0.274. The highest BCUT2D eigenvalue weighted by atomic mass is 19.5. The van der Waals surface area contributed by atoms with E-state index in [1.807, 2.05) is 0 Å². The van der Waals surface area contributed by atoms with Gasteiger partial charge in [0.2, 0.25) is 0 Å². The summed E-state index contributed by atoms with van der Waals surface area (Å²) in [6, 6.07) is 0. The van der Waals surface area contributed by atoms with Gasteiger partial charge >= 0.3 is 7.25 Å². The van der Waals surface area contributed by atoms with E-state index in [4.69, 9.17) is 0 Å². The van der Waals surface area contributed by atoms with Crippen LogP contribution in [0.4, 0.5) is 17.3 Å². The van der Waals surface area contributed by atoms with Crippen LogP contribution in [0.2, 0.25) is 0 Å². The normalized spacial score (nSPS) is 11.1. The summed E-state index contributed by atoms with van der Waals surface area (Å²) in [6.45, 7) is 3.60. The first kappa shape index (κ1) is 23.0. The van der Waals surface area contributed by atoms with Crippen molar-refractivity contribution in [1.29, 1.82) is 0 Å². The number of hydrogen-bond donors (Lipinski definition) is 1. The summed E-state index contributed by atoms with van der Waals surface area (Å²) in [5.41, 5.74) is 0. The van der Waals surface area contributed by atoms with E-state index in [0.29, 0.717) is 0 Å². The molecule has 0 aromatic heterocycles. The molecule has 0 unspecified atom stereocenters. The maximum absolute atomic E-state index is 9.75. The van der Waals surface area contributed by atoms with E-state index in [-0.39, 0.29) is 0 Å². The summed E-state index contributed by atoms with van der Waals surface area (Å²) in [5, 5.41) is 2.29. The van der Waals surface area contributed by atoms with E-state index in [9.17, 15) is 17.3 Å². The van der Waals surface area contributed by atoms with Crippen LogP contribution in [0, 0.1) is 0 Å². The summed E-state index contributed by atoms with van der Waals surface area (Å²) in [7, 11) is -3.83. The number of hydrogen-bond acceptors (Lipinski definition) is 0. The molecule has 6 heteroatoms. The molecular weight excluding hydrogens is 281 g/mol. The third kappa shape index (κ3) is 38.3. The van der Waals surface area contributed by atoms with E-state index in [1.54, 1.807) is 0 Å². The Labute approximate surface area is 128 Å². The highest BCUT2D eigenvalue weighted by molar-refractivity contribution is 6.50. The lowest BCUT2D eigenvalue weighted by Crippen LogP contribution is -2.79. The molecule has 0 rings (SSSR count). The molecule has 0 aliphatic rings. The maximum Gasteiger partial charge on any atom is 0.673 e. The van der Waals surface area contributed by atoms with Crippen LogP contribution in [0.5, 0.6) is 0 Å². The fourth-order valence-corrected chi connectivity index (χ4v) is 2.19. The Hall–Kier alpha value is -0.255. The molecule has 130 valence electrons. The third-order valence-corrected chi connectivity index (χ3v) is 3.35. The second-order valence-corrected chi connectivity index (χ2v) is 5.58. The van der Waals surface area contributed by atoms with Crippen LogP contribution >= 0.6 is 0 Å². The Morgan fingerprint density at radius 2 is 0.905 bits per heavy atom. The SMILES string of the molecule is CCCCCCCCCCCCCC[NH2+]C.F[B-](F)(F)F. The molecule has 0 spiro atoms. The van der Waals surface area contributed by atoms with Crippen LogP contribution in [-0.2, 0) is 0 Å². The van der Waals surface area contributed by atoms with Crippen LogP contribution in [0.15, 0.2) is 0 Å². The molecule has 2 N–H and O–H groups in total. The van der Waals surface area contributed by atoms with Crippen molar-refractivity contribution in [1.82, 2.24) is 0 Å². The molecule has 0 saturated heterocycles. The van der Waals surface area contributed by atoms with Gasteiger partial charge in [0.1, 0.15) is 0 Å². The Bertz CT molecular complexity index is 169. The molecule has 1 nitrogen and oxygen atoms in total. The van der Waals surface area contributed by atoms with Crippen molar-refractivity contribution in [3.63, 3.8) is 0 Å². The minimum Gasteiger partial charge on any atom is -0.418 e. The average molecular weight is 315 g/mol. The summed E-state index contributed by atoms with van der Waals surface area (Å²) < 4.78 is 39.0. The predicted octanol–water partition coefficient (Wildman–Crippen LogP) is 5.18. The van der Waals surface area contributed by atoms with Crippen LogP contribution in [0.1, 0.15) is 84.0 Å². The number of halogens is 4. The van der Waals surface area contributed by atoms with Gasteiger partial charge in [-0.05, 0) is 12.8 Å². The van der Waals surface area contributed by atoms with E-state index >= 15 is 0 Å². The van der Waals surface area contributed by atoms with Gasteiger partial charge in [0.15, 0.2) is 0 Å². The number of quaternary nitrogens is 1. The van der Waals surface area contributed by atoms with Crippen LogP contribution < -0.4 is 5.32 Å².